The van der Waals surface area contributed by atoms with E-state index >= 15 is 0 Å². The van der Waals surface area contributed by atoms with Crippen LogP contribution in [0.5, 0.6) is 5.75 Å². The van der Waals surface area contributed by atoms with Gasteiger partial charge in [0.1, 0.15) is 11.6 Å². The molecule has 0 fully saturated rings. The monoisotopic (exact) mass is 354 g/mol. The molecule has 1 aliphatic heterocycles. The molecule has 0 aromatic heterocycles. The van der Waals surface area contributed by atoms with Crippen molar-refractivity contribution < 1.29 is 19.0 Å². The second-order valence-electron chi connectivity index (χ2n) is 7.51. The number of carbonyl (C=O) groups is 1. The third-order valence-corrected chi connectivity index (χ3v) is 5.08. The van der Waals surface area contributed by atoms with Crippen LogP contribution in [-0.4, -0.2) is 17.7 Å². The second kappa shape index (κ2) is 6.60. The van der Waals surface area contributed by atoms with E-state index in [-0.39, 0.29) is 11.0 Å². The Morgan fingerprint density at radius 3 is 2.65 bits per heavy atom. The van der Waals surface area contributed by atoms with Crippen LogP contribution in [-0.2, 0) is 5.41 Å². The third-order valence-electron chi connectivity index (χ3n) is 5.08. The molecule has 2 aromatic rings. The molecule has 0 radical (unpaired) electrons. The Morgan fingerprint density at radius 2 is 2.00 bits per heavy atom. The van der Waals surface area contributed by atoms with Gasteiger partial charge in [-0.1, -0.05) is 19.9 Å². The van der Waals surface area contributed by atoms with Crippen LogP contribution in [0.15, 0.2) is 30.3 Å². The highest BCUT2D eigenvalue weighted by Crippen LogP contribution is 2.41. The number of aryl methyl sites for hydroxylation is 1. The van der Waals surface area contributed by atoms with E-state index in [1.54, 1.807) is 6.08 Å². The lowest BCUT2D eigenvalue weighted by molar-refractivity contribution is 0.0696. The Labute approximate surface area is 153 Å². The minimum absolute atomic E-state index is 0.0324. The first-order valence-corrected chi connectivity index (χ1v) is 8.68. The molecule has 26 heavy (non-hydrogen) atoms. The fourth-order valence-corrected chi connectivity index (χ4v) is 3.39. The summed E-state index contributed by atoms with van der Waals surface area (Å²) in [5, 5.41) is 8.96. The number of carboxylic acids is 1. The molecule has 0 unspecified atom stereocenters. The Hall–Kier alpha value is -2.62. The Balaban J connectivity index is 2.04. The standard InChI is InChI=1S/C22H23FO3/c1-13(9-15-5-6-16(21(24)25)11-19(15)23)17-12-18-20(10-14(17)2)26-8-7-22(18,3)4/h5-6,9-12H,7-8H2,1-4H3,(H,24,25)/b13-9-. The number of fused-ring (bicyclic) bond motifs is 1. The van der Waals surface area contributed by atoms with E-state index in [0.29, 0.717) is 5.56 Å². The lowest BCUT2D eigenvalue weighted by atomic mass is 9.78. The molecule has 0 atom stereocenters. The molecule has 0 saturated carbocycles. The molecule has 1 heterocycles. The third kappa shape index (κ3) is 3.36. The summed E-state index contributed by atoms with van der Waals surface area (Å²) in [5.41, 5.74) is 4.56. The van der Waals surface area contributed by atoms with Gasteiger partial charge < -0.3 is 9.84 Å². The van der Waals surface area contributed by atoms with Gasteiger partial charge in [-0.3, -0.25) is 0 Å². The zero-order valence-corrected chi connectivity index (χ0v) is 15.5. The molecule has 0 saturated heterocycles. The van der Waals surface area contributed by atoms with E-state index in [4.69, 9.17) is 9.84 Å². The van der Waals surface area contributed by atoms with Crippen LogP contribution in [0.3, 0.4) is 0 Å². The minimum Gasteiger partial charge on any atom is -0.493 e. The quantitative estimate of drug-likeness (QED) is 0.745. The number of allylic oxidation sites excluding steroid dienone is 1. The molecule has 0 amide bonds. The number of hydrogen-bond donors (Lipinski definition) is 1. The van der Waals surface area contributed by atoms with Crippen molar-refractivity contribution in [2.45, 2.75) is 39.5 Å². The van der Waals surface area contributed by atoms with Gasteiger partial charge in [0, 0.05) is 11.1 Å². The van der Waals surface area contributed by atoms with E-state index in [1.807, 2.05) is 19.9 Å². The van der Waals surface area contributed by atoms with Crippen molar-refractivity contribution in [3.63, 3.8) is 0 Å². The smallest absolute Gasteiger partial charge is 0.335 e. The van der Waals surface area contributed by atoms with Gasteiger partial charge in [-0.25, -0.2) is 9.18 Å². The summed E-state index contributed by atoms with van der Waals surface area (Å²) in [6.45, 7) is 9.08. The zero-order valence-electron chi connectivity index (χ0n) is 15.5. The molecular formula is C22H23FO3. The zero-order chi connectivity index (χ0) is 19.1. The van der Waals surface area contributed by atoms with Crippen molar-refractivity contribution >= 4 is 17.6 Å². The first-order chi connectivity index (χ1) is 12.2. The summed E-state index contributed by atoms with van der Waals surface area (Å²) in [4.78, 5) is 11.0. The van der Waals surface area contributed by atoms with Crippen LogP contribution in [0.4, 0.5) is 4.39 Å². The molecular weight excluding hydrogens is 331 g/mol. The van der Waals surface area contributed by atoms with E-state index in [1.165, 1.54) is 17.7 Å². The van der Waals surface area contributed by atoms with Crippen molar-refractivity contribution in [1.29, 1.82) is 0 Å². The fraction of sp³-hybridized carbons (Fsp3) is 0.318. The molecule has 0 aliphatic carbocycles. The molecule has 1 aliphatic rings. The lowest BCUT2D eigenvalue weighted by Gasteiger charge is -2.33. The van der Waals surface area contributed by atoms with Crippen molar-refractivity contribution in [2.75, 3.05) is 6.61 Å². The SMILES string of the molecule is C/C(=C/c1ccc(C(=O)O)cc1F)c1cc2c(cc1C)OCCC2(C)C. The van der Waals surface area contributed by atoms with Gasteiger partial charge in [-0.15, -0.1) is 0 Å². The molecule has 4 heteroatoms. The van der Waals surface area contributed by atoms with Gasteiger partial charge in [-0.05, 0) is 72.7 Å². The largest absolute Gasteiger partial charge is 0.493 e. The first kappa shape index (κ1) is 18.2. The predicted molar refractivity (Wildman–Crippen MR) is 101 cm³/mol. The number of aromatic carboxylic acids is 1. The Kier molecular flexibility index (Phi) is 4.61. The van der Waals surface area contributed by atoms with Crippen molar-refractivity contribution in [3.05, 3.63) is 64.0 Å². The van der Waals surface area contributed by atoms with Crippen LogP contribution < -0.4 is 4.74 Å². The number of halogens is 1. The molecule has 2 aromatic carbocycles. The van der Waals surface area contributed by atoms with Gasteiger partial charge in [-0.2, -0.15) is 0 Å². The van der Waals surface area contributed by atoms with Gasteiger partial charge in [0.05, 0.1) is 12.2 Å². The summed E-state index contributed by atoms with van der Waals surface area (Å²) in [7, 11) is 0. The van der Waals surface area contributed by atoms with Gasteiger partial charge in [0.25, 0.3) is 0 Å². The number of carboxylic acid groups (broad SMARTS) is 1. The molecule has 136 valence electrons. The van der Waals surface area contributed by atoms with Crippen LogP contribution in [0.1, 0.15) is 59.8 Å². The maximum atomic E-state index is 14.3. The molecule has 0 spiro atoms. The summed E-state index contributed by atoms with van der Waals surface area (Å²) >= 11 is 0. The van der Waals surface area contributed by atoms with Crippen LogP contribution in [0, 0.1) is 12.7 Å². The van der Waals surface area contributed by atoms with Gasteiger partial charge >= 0.3 is 5.97 Å². The topological polar surface area (TPSA) is 46.5 Å². The van der Waals surface area contributed by atoms with Crippen LogP contribution in [0.2, 0.25) is 0 Å². The number of hydrogen-bond acceptors (Lipinski definition) is 2. The van der Waals surface area contributed by atoms with E-state index in [0.717, 1.165) is 41.5 Å². The summed E-state index contributed by atoms with van der Waals surface area (Å²) in [5.74, 6) is -0.750. The molecule has 3 nitrogen and oxygen atoms in total. The lowest BCUT2D eigenvalue weighted by Crippen LogP contribution is -2.26. The number of rotatable bonds is 3. The van der Waals surface area contributed by atoms with E-state index in [2.05, 4.69) is 19.9 Å². The molecule has 1 N–H and O–H groups in total. The molecule has 0 bridgehead atoms. The Bertz CT molecular complexity index is 910. The maximum Gasteiger partial charge on any atom is 0.335 e. The predicted octanol–water partition coefficient (Wildman–Crippen LogP) is 5.45. The average molecular weight is 354 g/mol. The summed E-state index contributed by atoms with van der Waals surface area (Å²) in [6.07, 6.45) is 2.71. The number of benzene rings is 2. The minimum atomic E-state index is -1.14. The molecule has 3 rings (SSSR count). The Morgan fingerprint density at radius 1 is 1.27 bits per heavy atom. The van der Waals surface area contributed by atoms with Crippen LogP contribution >= 0.6 is 0 Å². The average Bonchev–Trinajstić information content (AvgIpc) is 2.55. The van der Waals surface area contributed by atoms with E-state index in [9.17, 15) is 9.18 Å². The highest BCUT2D eigenvalue weighted by Gasteiger charge is 2.29. The maximum absolute atomic E-state index is 14.3. The van der Waals surface area contributed by atoms with Crippen LogP contribution in [0.25, 0.3) is 11.6 Å². The van der Waals surface area contributed by atoms with Crippen molar-refractivity contribution in [1.82, 2.24) is 0 Å². The highest BCUT2D eigenvalue weighted by molar-refractivity contribution is 5.89. The first-order valence-electron chi connectivity index (χ1n) is 8.68. The van der Waals surface area contributed by atoms with Gasteiger partial charge in [0.2, 0.25) is 0 Å². The van der Waals surface area contributed by atoms with Crippen molar-refractivity contribution in [2.24, 2.45) is 0 Å². The fourth-order valence-electron chi connectivity index (χ4n) is 3.39. The highest BCUT2D eigenvalue weighted by atomic mass is 19.1. The van der Waals surface area contributed by atoms with Gasteiger partial charge in [0.15, 0.2) is 0 Å². The second-order valence-corrected chi connectivity index (χ2v) is 7.51. The summed E-state index contributed by atoms with van der Waals surface area (Å²) in [6, 6.07) is 8.16. The normalized spacial score (nSPS) is 16.0. The number of ether oxygens (including phenoxy) is 1. The van der Waals surface area contributed by atoms with Crippen molar-refractivity contribution in [3.8, 4) is 5.75 Å². The van der Waals surface area contributed by atoms with E-state index < -0.39 is 11.8 Å². The summed E-state index contributed by atoms with van der Waals surface area (Å²) < 4.78 is 20.1.